The number of aromatic nitrogens is 1. The number of nitrogens with one attached hydrogen (secondary N) is 2. The Bertz CT molecular complexity index is 1550. The zero-order chi connectivity index (χ0) is 28.8. The lowest BCUT2D eigenvalue weighted by molar-refractivity contribution is -0.0221. The van der Waals surface area contributed by atoms with Crippen LogP contribution in [0.2, 0.25) is 0 Å². The number of amides is 1. The van der Waals surface area contributed by atoms with Crippen molar-refractivity contribution in [3.05, 3.63) is 42.2 Å². The summed E-state index contributed by atoms with van der Waals surface area (Å²) in [6, 6.07) is 8.07. The van der Waals surface area contributed by atoms with Crippen LogP contribution in [-0.2, 0) is 10.0 Å². The highest BCUT2D eigenvalue weighted by Crippen LogP contribution is 2.54. The van der Waals surface area contributed by atoms with Crippen LogP contribution in [-0.4, -0.2) is 68.9 Å². The summed E-state index contributed by atoms with van der Waals surface area (Å²) in [6.45, 7) is 1.24. The van der Waals surface area contributed by atoms with Crippen molar-refractivity contribution in [1.82, 2.24) is 4.98 Å². The third-order valence-electron chi connectivity index (χ3n) is 8.46. The van der Waals surface area contributed by atoms with E-state index in [1.807, 2.05) is 0 Å². The molecule has 2 saturated heterocycles. The van der Waals surface area contributed by atoms with Crippen LogP contribution < -0.4 is 19.8 Å². The Balaban J connectivity index is 1.29. The van der Waals surface area contributed by atoms with E-state index in [-0.39, 0.29) is 31.7 Å². The van der Waals surface area contributed by atoms with Crippen molar-refractivity contribution < 1.29 is 31.5 Å². The Morgan fingerprint density at radius 2 is 1.71 bits per heavy atom. The Morgan fingerprint density at radius 3 is 2.39 bits per heavy atom. The average Bonchev–Trinajstić information content (AvgIpc) is 3.50. The van der Waals surface area contributed by atoms with E-state index in [0.717, 1.165) is 25.9 Å². The maximum Gasteiger partial charge on any atom is 0.258 e. The summed E-state index contributed by atoms with van der Waals surface area (Å²) in [5.74, 6) is -2.89. The maximum atomic E-state index is 13.8. The van der Waals surface area contributed by atoms with Crippen LogP contribution >= 0.6 is 0 Å². The monoisotopic (exact) mass is 589 g/mol. The van der Waals surface area contributed by atoms with E-state index in [4.69, 9.17) is 9.52 Å². The third kappa shape index (κ3) is 5.96. The van der Waals surface area contributed by atoms with Crippen molar-refractivity contribution >= 4 is 49.9 Å². The molecule has 0 unspecified atom stereocenters. The zero-order valence-electron chi connectivity index (χ0n) is 22.5. The molecule has 41 heavy (non-hydrogen) atoms. The molecule has 3 N–H and O–H groups in total. The highest BCUT2D eigenvalue weighted by atomic mass is 32.2. The predicted molar refractivity (Wildman–Crippen MR) is 152 cm³/mol. The number of pyridine rings is 1. The van der Waals surface area contributed by atoms with Gasteiger partial charge in [0, 0.05) is 45.1 Å². The van der Waals surface area contributed by atoms with Gasteiger partial charge < -0.3 is 24.6 Å². The number of rotatable bonds is 8. The largest absolute Gasteiger partial charge is 0.464 e. The molecule has 3 aliphatic rings. The van der Waals surface area contributed by atoms with Crippen molar-refractivity contribution in [2.45, 2.75) is 44.4 Å². The van der Waals surface area contributed by atoms with Crippen molar-refractivity contribution in [3.63, 3.8) is 0 Å². The molecule has 1 saturated carbocycles. The number of carbonyl (C=O) groups is 1. The first kappa shape index (κ1) is 27.7. The smallest absolute Gasteiger partial charge is 0.258 e. The topological polar surface area (TPSA) is 128 Å². The first-order valence-corrected chi connectivity index (χ1v) is 15.5. The van der Waals surface area contributed by atoms with Gasteiger partial charge in [0.05, 0.1) is 40.9 Å². The molecule has 4 heterocycles. The molecule has 0 radical (unpaired) electrons. The molecule has 2 aliphatic heterocycles. The number of alkyl halides is 2. The minimum atomic E-state index is -3.75. The summed E-state index contributed by atoms with van der Waals surface area (Å²) in [5.41, 5.74) is 2.12. The number of fused-ring (bicyclic) bond motifs is 1. The molecule has 3 aromatic rings. The molecular formula is C28H33F2N5O5S. The number of nitrogens with zero attached hydrogens (tertiary/aromatic N) is 3. The van der Waals surface area contributed by atoms with Crippen LogP contribution in [0, 0.1) is 5.41 Å². The number of piperidine rings is 2. The number of hydrogen-bond acceptors (Lipinski definition) is 8. The summed E-state index contributed by atoms with van der Waals surface area (Å²) in [4.78, 5) is 22.2. The molecule has 0 bridgehead atoms. The van der Waals surface area contributed by atoms with Crippen LogP contribution in [0.5, 0.6) is 0 Å². The fraction of sp³-hybridized carbons (Fsp3) is 0.500. The molecule has 1 spiro atoms. The fourth-order valence-corrected chi connectivity index (χ4v) is 6.61. The molecule has 10 nitrogen and oxygen atoms in total. The van der Waals surface area contributed by atoms with Crippen LogP contribution in [0.4, 0.5) is 31.8 Å². The second-order valence-corrected chi connectivity index (χ2v) is 13.2. The van der Waals surface area contributed by atoms with E-state index < -0.39 is 34.2 Å². The molecule has 220 valence electrons. The van der Waals surface area contributed by atoms with Gasteiger partial charge in [0.2, 0.25) is 10.0 Å². The van der Waals surface area contributed by atoms with Crippen molar-refractivity contribution in [3.8, 4) is 0 Å². The van der Waals surface area contributed by atoms with Gasteiger partial charge in [-0.2, -0.15) is 0 Å². The second kappa shape index (κ2) is 10.4. The van der Waals surface area contributed by atoms with Gasteiger partial charge in [0.1, 0.15) is 17.2 Å². The van der Waals surface area contributed by atoms with Gasteiger partial charge in [-0.05, 0) is 55.4 Å². The Hall–Kier alpha value is -3.45. The van der Waals surface area contributed by atoms with Gasteiger partial charge >= 0.3 is 0 Å². The van der Waals surface area contributed by atoms with E-state index in [1.54, 1.807) is 29.2 Å². The van der Waals surface area contributed by atoms with Gasteiger partial charge in [-0.15, -0.1) is 0 Å². The zero-order valence-corrected chi connectivity index (χ0v) is 23.4. The van der Waals surface area contributed by atoms with Crippen LogP contribution in [0.1, 0.15) is 48.9 Å². The highest BCUT2D eigenvalue weighted by molar-refractivity contribution is 7.92. The van der Waals surface area contributed by atoms with Gasteiger partial charge in [0.15, 0.2) is 0 Å². The Labute approximate surface area is 236 Å². The van der Waals surface area contributed by atoms with Crippen molar-refractivity contribution in [1.29, 1.82) is 0 Å². The summed E-state index contributed by atoms with van der Waals surface area (Å²) in [5, 5.41) is 12.6. The number of halogens is 2. The average molecular weight is 590 g/mol. The summed E-state index contributed by atoms with van der Waals surface area (Å²) < 4.78 is 60.3. The molecule has 1 aromatic carbocycles. The number of sulfonamides is 1. The number of hydrogen-bond donors (Lipinski definition) is 3. The quantitative estimate of drug-likeness (QED) is 0.352. The molecule has 0 atom stereocenters. The SMILES string of the molecule is O=C(Nc1cc2occc2c(N2CCC(F)(F)CC2)n1)c1ccc(NS(=O)(=O)CCO)cc1N1CCC2(CC1)CC2. The van der Waals surface area contributed by atoms with Gasteiger partial charge in [-0.3, -0.25) is 9.52 Å². The molecular weight excluding hydrogens is 556 g/mol. The fourth-order valence-electron chi connectivity index (χ4n) is 5.78. The molecule has 2 aromatic heterocycles. The van der Waals surface area contributed by atoms with Gasteiger partial charge in [-0.25, -0.2) is 22.2 Å². The minimum absolute atomic E-state index is 0.131. The number of anilines is 4. The van der Waals surface area contributed by atoms with Crippen LogP contribution in [0.25, 0.3) is 11.0 Å². The third-order valence-corrected chi connectivity index (χ3v) is 9.73. The number of aliphatic hydroxyl groups excluding tert-OH is 1. The van der Waals surface area contributed by atoms with Crippen molar-refractivity contribution in [2.75, 3.05) is 58.4 Å². The first-order valence-electron chi connectivity index (χ1n) is 13.9. The van der Waals surface area contributed by atoms with Gasteiger partial charge in [0.25, 0.3) is 11.8 Å². The van der Waals surface area contributed by atoms with Crippen LogP contribution in [0.3, 0.4) is 0 Å². The lowest BCUT2D eigenvalue weighted by atomic mass is 9.93. The molecule has 3 fully saturated rings. The number of carbonyl (C=O) groups excluding carboxylic acids is 1. The molecule has 6 rings (SSSR count). The molecule has 1 amide bonds. The van der Waals surface area contributed by atoms with E-state index >= 15 is 0 Å². The normalized spacial score (nSPS) is 19.9. The highest BCUT2D eigenvalue weighted by Gasteiger charge is 2.44. The second-order valence-electron chi connectivity index (χ2n) is 11.3. The lowest BCUT2D eigenvalue weighted by Gasteiger charge is -2.35. The predicted octanol–water partition coefficient (Wildman–Crippen LogP) is 4.43. The Morgan fingerprint density at radius 1 is 1.00 bits per heavy atom. The number of furan rings is 1. The van der Waals surface area contributed by atoms with E-state index in [2.05, 4.69) is 19.9 Å². The van der Waals surface area contributed by atoms with Gasteiger partial charge in [-0.1, -0.05) is 0 Å². The summed E-state index contributed by atoms with van der Waals surface area (Å²) in [7, 11) is -3.75. The van der Waals surface area contributed by atoms with E-state index in [1.165, 1.54) is 25.2 Å². The lowest BCUT2D eigenvalue weighted by Crippen LogP contribution is -2.39. The molecule has 1 aliphatic carbocycles. The summed E-state index contributed by atoms with van der Waals surface area (Å²) >= 11 is 0. The van der Waals surface area contributed by atoms with E-state index in [0.29, 0.717) is 39.1 Å². The molecule has 13 heteroatoms. The minimum Gasteiger partial charge on any atom is -0.464 e. The van der Waals surface area contributed by atoms with Crippen LogP contribution in [0.15, 0.2) is 41.0 Å². The number of aliphatic hydroxyl groups is 1. The summed E-state index contributed by atoms with van der Waals surface area (Å²) in [6.07, 6.45) is 5.38. The first-order chi connectivity index (χ1) is 19.6. The Kier molecular flexibility index (Phi) is 7.05. The van der Waals surface area contributed by atoms with E-state index in [9.17, 15) is 22.0 Å². The van der Waals surface area contributed by atoms with Crippen molar-refractivity contribution in [2.24, 2.45) is 5.41 Å². The maximum absolute atomic E-state index is 13.8. The number of benzene rings is 1. The standard InChI is InChI=1S/C28H33F2N5O5S/c29-28(30)8-12-35(13-9-28)25-21-3-15-40-23(21)18-24(31-25)32-26(37)20-2-1-19(33-41(38,39)16-14-36)17-22(20)34-10-6-27(4-5-27)7-11-34/h1-3,15,17-18,33,36H,4-14,16H2,(H,31,32,37).